The molecule has 1 aromatic rings. The van der Waals surface area contributed by atoms with Gasteiger partial charge in [0.2, 0.25) is 10.0 Å². The average molecular weight is 358 g/mol. The monoisotopic (exact) mass is 358 g/mol. The van der Waals surface area contributed by atoms with Crippen LogP contribution in [0.2, 0.25) is 0 Å². The van der Waals surface area contributed by atoms with E-state index in [1.807, 2.05) is 13.8 Å². The lowest BCUT2D eigenvalue weighted by Crippen LogP contribution is -2.53. The normalized spacial score (nSPS) is 17.0. The molecule has 0 aromatic heterocycles. The molecule has 1 aliphatic rings. The zero-order valence-electron chi connectivity index (χ0n) is 13.9. The first-order valence-corrected chi connectivity index (χ1v) is 9.39. The Morgan fingerprint density at radius 2 is 1.92 bits per heavy atom. The molecule has 8 heteroatoms. The van der Waals surface area contributed by atoms with Crippen molar-refractivity contribution >= 4 is 16.0 Å². The fourth-order valence-electron chi connectivity index (χ4n) is 2.80. The molecule has 0 aliphatic carbocycles. The molecular weight excluding hydrogens is 335 g/mol. The Bertz CT molecular complexity index is 713. The van der Waals surface area contributed by atoms with Gasteiger partial charge in [-0.2, -0.15) is 0 Å². The molecule has 0 amide bonds. The van der Waals surface area contributed by atoms with E-state index in [0.29, 0.717) is 0 Å². The lowest BCUT2D eigenvalue weighted by Gasteiger charge is -2.41. The minimum absolute atomic E-state index is 0.190. The summed E-state index contributed by atoms with van der Waals surface area (Å²) in [5.41, 5.74) is -1.02. The Labute approximate surface area is 141 Å². The summed E-state index contributed by atoms with van der Waals surface area (Å²) in [4.78, 5) is 13.0. The number of hydrogen-bond acceptors (Lipinski definition) is 4. The first-order chi connectivity index (χ1) is 11.1. The molecule has 1 aliphatic heterocycles. The molecule has 0 spiro atoms. The maximum atomic E-state index is 13.4. The van der Waals surface area contributed by atoms with Gasteiger partial charge in [-0.05, 0) is 58.0 Å². The molecule has 2 N–H and O–H groups in total. The number of sulfonamides is 1. The number of hydrogen-bond donors (Lipinski definition) is 2. The van der Waals surface area contributed by atoms with Crippen molar-refractivity contribution < 1.29 is 22.7 Å². The summed E-state index contributed by atoms with van der Waals surface area (Å²) in [6, 6.07) is 2.76. The Kier molecular flexibility index (Phi) is 5.62. The molecule has 1 fully saturated rings. The highest BCUT2D eigenvalue weighted by molar-refractivity contribution is 7.89. The van der Waals surface area contributed by atoms with E-state index < -0.39 is 27.4 Å². The highest BCUT2D eigenvalue weighted by Gasteiger charge is 2.30. The maximum Gasteiger partial charge on any atom is 0.338 e. The SMILES string of the molecule is CC(C)(CNS(=O)(=O)c1ccc(F)c(C(=O)O)c1)N1CCCCC1. The quantitative estimate of drug-likeness (QED) is 0.813. The molecule has 0 unspecified atom stereocenters. The fraction of sp³-hybridized carbons (Fsp3) is 0.562. The zero-order chi connectivity index (χ0) is 18.0. The molecule has 1 heterocycles. The van der Waals surface area contributed by atoms with Gasteiger partial charge < -0.3 is 5.11 Å². The van der Waals surface area contributed by atoms with Crippen molar-refractivity contribution in [3.05, 3.63) is 29.6 Å². The van der Waals surface area contributed by atoms with E-state index in [4.69, 9.17) is 5.11 Å². The van der Waals surface area contributed by atoms with Gasteiger partial charge >= 0.3 is 5.97 Å². The van der Waals surface area contributed by atoms with Crippen LogP contribution in [0.1, 0.15) is 43.5 Å². The van der Waals surface area contributed by atoms with E-state index in [1.54, 1.807) is 0 Å². The molecule has 134 valence electrons. The molecule has 1 aromatic carbocycles. The summed E-state index contributed by atoms with van der Waals surface area (Å²) in [5.74, 6) is -2.46. The molecule has 2 rings (SSSR count). The largest absolute Gasteiger partial charge is 0.478 e. The van der Waals surface area contributed by atoms with Crippen molar-refractivity contribution in [2.75, 3.05) is 19.6 Å². The second-order valence-corrected chi connectivity index (χ2v) is 8.40. The van der Waals surface area contributed by atoms with E-state index in [-0.39, 0.29) is 17.0 Å². The van der Waals surface area contributed by atoms with Crippen molar-refractivity contribution in [2.45, 2.75) is 43.5 Å². The average Bonchev–Trinajstić information content (AvgIpc) is 2.54. The number of carboxylic acids is 1. The maximum absolute atomic E-state index is 13.4. The van der Waals surface area contributed by atoms with Crippen LogP contribution < -0.4 is 4.72 Å². The fourth-order valence-corrected chi connectivity index (χ4v) is 4.03. The number of nitrogens with one attached hydrogen (secondary N) is 1. The Hall–Kier alpha value is -1.51. The Morgan fingerprint density at radius 3 is 2.50 bits per heavy atom. The molecule has 0 bridgehead atoms. The topological polar surface area (TPSA) is 86.7 Å². The van der Waals surface area contributed by atoms with Crippen LogP contribution in [-0.2, 0) is 10.0 Å². The molecule has 1 saturated heterocycles. The van der Waals surface area contributed by atoms with Crippen molar-refractivity contribution in [1.29, 1.82) is 0 Å². The minimum atomic E-state index is -3.91. The van der Waals surface area contributed by atoms with Gasteiger partial charge in [0.25, 0.3) is 0 Å². The smallest absolute Gasteiger partial charge is 0.338 e. The highest BCUT2D eigenvalue weighted by atomic mass is 32.2. The van der Waals surface area contributed by atoms with Crippen LogP contribution in [0.25, 0.3) is 0 Å². The Balaban J connectivity index is 2.13. The van der Waals surface area contributed by atoms with E-state index in [1.165, 1.54) is 6.42 Å². The summed E-state index contributed by atoms with van der Waals surface area (Å²) >= 11 is 0. The van der Waals surface area contributed by atoms with Crippen LogP contribution in [0.15, 0.2) is 23.1 Å². The summed E-state index contributed by atoms with van der Waals surface area (Å²) < 4.78 is 40.7. The summed E-state index contributed by atoms with van der Waals surface area (Å²) in [7, 11) is -3.91. The first-order valence-electron chi connectivity index (χ1n) is 7.91. The van der Waals surface area contributed by atoms with E-state index in [2.05, 4.69) is 9.62 Å². The number of rotatable bonds is 6. The van der Waals surface area contributed by atoms with Gasteiger partial charge in [-0.25, -0.2) is 22.3 Å². The summed E-state index contributed by atoms with van der Waals surface area (Å²) in [6.45, 7) is 5.97. The van der Waals surface area contributed by atoms with Gasteiger partial charge in [0.1, 0.15) is 5.82 Å². The first kappa shape index (κ1) is 18.8. The van der Waals surface area contributed by atoms with Crippen LogP contribution in [0.3, 0.4) is 0 Å². The third-order valence-electron chi connectivity index (χ3n) is 4.39. The number of nitrogens with zero attached hydrogens (tertiary/aromatic N) is 1. The van der Waals surface area contributed by atoms with Crippen LogP contribution in [0.5, 0.6) is 0 Å². The van der Waals surface area contributed by atoms with Gasteiger partial charge in [-0.3, -0.25) is 4.90 Å². The van der Waals surface area contributed by atoms with E-state index in [9.17, 15) is 17.6 Å². The van der Waals surface area contributed by atoms with Crippen molar-refractivity contribution in [1.82, 2.24) is 9.62 Å². The molecule has 0 radical (unpaired) electrons. The van der Waals surface area contributed by atoms with Gasteiger partial charge in [0.15, 0.2) is 0 Å². The number of carboxylic acid groups (broad SMARTS) is 1. The Morgan fingerprint density at radius 1 is 1.29 bits per heavy atom. The second-order valence-electron chi connectivity index (χ2n) is 6.63. The predicted octanol–water partition coefficient (Wildman–Crippen LogP) is 2.07. The minimum Gasteiger partial charge on any atom is -0.478 e. The van der Waals surface area contributed by atoms with Crippen LogP contribution in [-0.4, -0.2) is 49.6 Å². The number of piperidine rings is 1. The van der Waals surface area contributed by atoms with Crippen molar-refractivity contribution in [2.24, 2.45) is 0 Å². The van der Waals surface area contributed by atoms with E-state index >= 15 is 0 Å². The zero-order valence-corrected chi connectivity index (χ0v) is 14.7. The van der Waals surface area contributed by atoms with Gasteiger partial charge in [0, 0.05) is 12.1 Å². The highest BCUT2D eigenvalue weighted by Crippen LogP contribution is 2.21. The third kappa shape index (κ3) is 4.31. The lowest BCUT2D eigenvalue weighted by atomic mass is 9.99. The number of benzene rings is 1. The number of halogens is 1. The lowest BCUT2D eigenvalue weighted by molar-refractivity contribution is 0.0691. The molecule has 0 saturated carbocycles. The van der Waals surface area contributed by atoms with Gasteiger partial charge in [0.05, 0.1) is 10.5 Å². The summed E-state index contributed by atoms with van der Waals surface area (Å²) in [5, 5.41) is 8.92. The summed E-state index contributed by atoms with van der Waals surface area (Å²) in [6.07, 6.45) is 3.37. The molecule has 0 atom stereocenters. The van der Waals surface area contributed by atoms with Crippen LogP contribution in [0.4, 0.5) is 4.39 Å². The van der Waals surface area contributed by atoms with Gasteiger partial charge in [-0.1, -0.05) is 6.42 Å². The molecule has 6 nitrogen and oxygen atoms in total. The third-order valence-corrected chi connectivity index (χ3v) is 5.78. The number of likely N-dealkylation sites (tertiary alicyclic amines) is 1. The second kappa shape index (κ2) is 7.16. The number of carbonyl (C=O) groups is 1. The molecule has 24 heavy (non-hydrogen) atoms. The van der Waals surface area contributed by atoms with Crippen LogP contribution in [0, 0.1) is 5.82 Å². The van der Waals surface area contributed by atoms with E-state index in [0.717, 1.165) is 44.1 Å². The van der Waals surface area contributed by atoms with Crippen LogP contribution >= 0.6 is 0 Å². The van der Waals surface area contributed by atoms with Gasteiger partial charge in [-0.15, -0.1) is 0 Å². The van der Waals surface area contributed by atoms with Crippen molar-refractivity contribution in [3.63, 3.8) is 0 Å². The standard InChI is InChI=1S/C16H23FN2O4S/c1-16(2,19-8-4-3-5-9-19)11-18-24(22,23)12-6-7-14(17)13(10-12)15(20)21/h6-7,10,18H,3-5,8-9,11H2,1-2H3,(H,20,21). The number of aromatic carboxylic acids is 1. The van der Waals surface area contributed by atoms with Crippen molar-refractivity contribution in [3.8, 4) is 0 Å². The predicted molar refractivity (Wildman–Crippen MR) is 88.1 cm³/mol. The molecular formula is C16H23FN2O4S.